The van der Waals surface area contributed by atoms with Crippen molar-refractivity contribution >= 4 is 11.6 Å². The van der Waals surface area contributed by atoms with Crippen LogP contribution in [0.25, 0.3) is 0 Å². The van der Waals surface area contributed by atoms with Gasteiger partial charge in [-0.25, -0.2) is 0 Å². The molecule has 72 valence electrons. The first-order valence-corrected chi connectivity index (χ1v) is 4.16. The minimum atomic E-state index is -0.631. The lowest BCUT2D eigenvalue weighted by Gasteiger charge is -2.11. The standard InChI is InChI=1S/C8H10ClNO3/c1-4(2)5-3-6(11)7(12)8(9)10(5)13/h3-4,12-13H,1-2H3. The van der Waals surface area contributed by atoms with Gasteiger partial charge in [0.05, 0.1) is 5.69 Å². The van der Waals surface area contributed by atoms with Gasteiger partial charge in [-0.15, -0.1) is 0 Å². The quantitative estimate of drug-likeness (QED) is 0.538. The molecule has 0 aliphatic rings. The van der Waals surface area contributed by atoms with Gasteiger partial charge >= 0.3 is 0 Å². The molecule has 1 heterocycles. The fraction of sp³-hybridized carbons (Fsp3) is 0.375. The van der Waals surface area contributed by atoms with Crippen LogP contribution in [0.3, 0.4) is 0 Å². The van der Waals surface area contributed by atoms with Crippen LogP contribution in [0.5, 0.6) is 5.75 Å². The Hall–Kier alpha value is -1.16. The molecule has 0 radical (unpaired) electrons. The van der Waals surface area contributed by atoms with E-state index in [4.69, 9.17) is 16.7 Å². The summed E-state index contributed by atoms with van der Waals surface area (Å²) in [6.07, 6.45) is 0. The SMILES string of the molecule is CC(C)c1cc(=O)c(O)c(Cl)n1O. The first-order chi connectivity index (χ1) is 5.95. The van der Waals surface area contributed by atoms with E-state index in [1.165, 1.54) is 0 Å². The van der Waals surface area contributed by atoms with Crippen molar-refractivity contribution < 1.29 is 10.3 Å². The summed E-state index contributed by atoms with van der Waals surface area (Å²) in [5, 5.41) is 18.1. The van der Waals surface area contributed by atoms with Crippen molar-refractivity contribution in [2.24, 2.45) is 0 Å². The highest BCUT2D eigenvalue weighted by molar-refractivity contribution is 6.30. The van der Waals surface area contributed by atoms with Gasteiger partial charge in [0.1, 0.15) is 0 Å². The van der Waals surface area contributed by atoms with E-state index in [9.17, 15) is 10.0 Å². The Balaban J connectivity index is 3.50. The molecule has 13 heavy (non-hydrogen) atoms. The number of hydrogen-bond donors (Lipinski definition) is 2. The number of aromatic nitrogens is 1. The molecule has 0 atom stereocenters. The Morgan fingerprint density at radius 3 is 2.54 bits per heavy atom. The summed E-state index contributed by atoms with van der Waals surface area (Å²) in [5.41, 5.74) is -0.216. The molecule has 0 fully saturated rings. The third-order valence-electron chi connectivity index (χ3n) is 1.73. The molecule has 0 amide bonds. The van der Waals surface area contributed by atoms with Crippen LogP contribution in [-0.4, -0.2) is 15.0 Å². The Morgan fingerprint density at radius 2 is 2.08 bits per heavy atom. The highest BCUT2D eigenvalue weighted by Crippen LogP contribution is 2.22. The molecule has 4 nitrogen and oxygen atoms in total. The number of halogens is 1. The normalized spacial score (nSPS) is 10.8. The number of aromatic hydroxyl groups is 1. The highest BCUT2D eigenvalue weighted by Gasteiger charge is 2.14. The number of rotatable bonds is 1. The van der Waals surface area contributed by atoms with Gasteiger partial charge in [0.2, 0.25) is 11.2 Å². The molecular formula is C8H10ClNO3. The number of hydrogen-bond acceptors (Lipinski definition) is 3. The molecule has 0 aliphatic carbocycles. The van der Waals surface area contributed by atoms with Crippen molar-refractivity contribution in [3.8, 4) is 5.75 Å². The van der Waals surface area contributed by atoms with Gasteiger partial charge < -0.3 is 10.3 Å². The maximum atomic E-state index is 11.1. The van der Waals surface area contributed by atoms with Crippen molar-refractivity contribution in [1.29, 1.82) is 0 Å². The molecule has 1 aromatic heterocycles. The average molecular weight is 204 g/mol. The summed E-state index contributed by atoms with van der Waals surface area (Å²) in [6, 6.07) is 1.16. The molecule has 0 spiro atoms. The lowest BCUT2D eigenvalue weighted by Crippen LogP contribution is -2.12. The van der Waals surface area contributed by atoms with E-state index in [0.717, 1.165) is 6.07 Å². The summed E-state index contributed by atoms with van der Waals surface area (Å²) in [5.74, 6) is -0.677. The topological polar surface area (TPSA) is 62.5 Å². The second-order valence-corrected chi connectivity index (χ2v) is 3.40. The van der Waals surface area contributed by atoms with Crippen LogP contribution in [0.15, 0.2) is 10.9 Å². The van der Waals surface area contributed by atoms with E-state index >= 15 is 0 Å². The lowest BCUT2D eigenvalue weighted by molar-refractivity contribution is 0.169. The predicted molar refractivity (Wildman–Crippen MR) is 48.7 cm³/mol. The Bertz CT molecular complexity index is 384. The molecule has 0 saturated carbocycles. The fourth-order valence-electron chi connectivity index (χ4n) is 0.990. The Morgan fingerprint density at radius 1 is 1.54 bits per heavy atom. The molecule has 0 unspecified atom stereocenters. The van der Waals surface area contributed by atoms with Gasteiger partial charge in [0.15, 0.2) is 5.15 Å². The van der Waals surface area contributed by atoms with Crippen LogP contribution in [-0.2, 0) is 0 Å². The smallest absolute Gasteiger partial charge is 0.225 e. The molecule has 2 N–H and O–H groups in total. The Kier molecular flexibility index (Phi) is 2.52. The zero-order chi connectivity index (χ0) is 10.2. The van der Waals surface area contributed by atoms with Crippen LogP contribution in [0, 0.1) is 0 Å². The summed E-state index contributed by atoms with van der Waals surface area (Å²) < 4.78 is 0.614. The van der Waals surface area contributed by atoms with Gasteiger partial charge in [-0.3, -0.25) is 4.79 Å². The van der Waals surface area contributed by atoms with Gasteiger partial charge in [0, 0.05) is 6.07 Å². The van der Waals surface area contributed by atoms with Crippen molar-refractivity contribution in [3.63, 3.8) is 0 Å². The highest BCUT2D eigenvalue weighted by atomic mass is 35.5. The molecule has 1 rings (SSSR count). The first-order valence-electron chi connectivity index (χ1n) is 3.78. The predicted octanol–water partition coefficient (Wildman–Crippen LogP) is 1.57. The summed E-state index contributed by atoms with van der Waals surface area (Å²) in [4.78, 5) is 11.1. The number of pyridine rings is 1. The molecule has 0 saturated heterocycles. The van der Waals surface area contributed by atoms with E-state index in [2.05, 4.69) is 0 Å². The molecule has 1 aromatic rings. The lowest BCUT2D eigenvalue weighted by atomic mass is 10.1. The van der Waals surface area contributed by atoms with E-state index in [0.29, 0.717) is 10.4 Å². The summed E-state index contributed by atoms with van der Waals surface area (Å²) in [6.45, 7) is 3.60. The van der Waals surface area contributed by atoms with Crippen molar-refractivity contribution in [2.45, 2.75) is 19.8 Å². The fourth-order valence-corrected chi connectivity index (χ4v) is 1.18. The van der Waals surface area contributed by atoms with Crippen LogP contribution in [0.1, 0.15) is 25.5 Å². The Labute approximate surface area is 80.0 Å². The first kappa shape index (κ1) is 9.92. The molecule has 5 heteroatoms. The minimum Gasteiger partial charge on any atom is -0.502 e. The maximum absolute atomic E-state index is 11.1. The largest absolute Gasteiger partial charge is 0.502 e. The van der Waals surface area contributed by atoms with Crippen LogP contribution in [0.4, 0.5) is 0 Å². The second kappa shape index (κ2) is 3.30. The van der Waals surface area contributed by atoms with Gasteiger partial charge in [-0.05, 0) is 5.92 Å². The van der Waals surface area contributed by atoms with E-state index in [1.807, 2.05) is 0 Å². The zero-order valence-electron chi connectivity index (χ0n) is 7.28. The van der Waals surface area contributed by atoms with Gasteiger partial charge in [-0.1, -0.05) is 25.4 Å². The monoisotopic (exact) mass is 203 g/mol. The zero-order valence-corrected chi connectivity index (χ0v) is 8.04. The minimum absolute atomic E-state index is 0.0456. The molecule has 0 aliphatic heterocycles. The third-order valence-corrected chi connectivity index (χ3v) is 2.07. The molecule has 0 bridgehead atoms. The van der Waals surface area contributed by atoms with Gasteiger partial charge in [0.25, 0.3) is 0 Å². The summed E-state index contributed by atoms with van der Waals surface area (Å²) in [7, 11) is 0. The van der Waals surface area contributed by atoms with Crippen molar-refractivity contribution in [1.82, 2.24) is 4.73 Å². The van der Waals surface area contributed by atoms with Crippen molar-refractivity contribution in [2.75, 3.05) is 0 Å². The molecular weight excluding hydrogens is 194 g/mol. The molecule has 0 aromatic carbocycles. The van der Waals surface area contributed by atoms with Crippen LogP contribution >= 0.6 is 11.6 Å². The summed E-state index contributed by atoms with van der Waals surface area (Å²) >= 11 is 5.50. The third kappa shape index (κ3) is 1.62. The number of nitrogens with zero attached hydrogens (tertiary/aromatic N) is 1. The van der Waals surface area contributed by atoms with Crippen LogP contribution in [0.2, 0.25) is 5.15 Å². The average Bonchev–Trinajstić information content (AvgIpc) is 2.07. The second-order valence-electron chi connectivity index (χ2n) is 3.04. The maximum Gasteiger partial charge on any atom is 0.225 e. The van der Waals surface area contributed by atoms with E-state index in [-0.39, 0.29) is 11.1 Å². The van der Waals surface area contributed by atoms with Crippen molar-refractivity contribution in [3.05, 3.63) is 27.1 Å². The van der Waals surface area contributed by atoms with Gasteiger partial charge in [-0.2, -0.15) is 4.73 Å². The van der Waals surface area contributed by atoms with E-state index < -0.39 is 11.2 Å². The van der Waals surface area contributed by atoms with Crippen LogP contribution < -0.4 is 5.43 Å². The van der Waals surface area contributed by atoms with E-state index in [1.54, 1.807) is 13.8 Å².